The van der Waals surface area contributed by atoms with Gasteiger partial charge in [-0.3, -0.25) is 9.69 Å². The molecular formula is C16H23FN2O2S. The van der Waals surface area contributed by atoms with Crippen LogP contribution in [0.1, 0.15) is 12.8 Å². The van der Waals surface area contributed by atoms with Gasteiger partial charge in [0.15, 0.2) is 0 Å². The van der Waals surface area contributed by atoms with Crippen LogP contribution in [0.25, 0.3) is 0 Å². The third kappa shape index (κ3) is 5.59. The van der Waals surface area contributed by atoms with Crippen molar-refractivity contribution in [1.29, 1.82) is 0 Å². The molecule has 1 aromatic carbocycles. The molecule has 1 aliphatic heterocycles. The van der Waals surface area contributed by atoms with Crippen molar-refractivity contribution in [2.24, 2.45) is 0 Å². The summed E-state index contributed by atoms with van der Waals surface area (Å²) in [6, 6.07) is 6.45. The molecule has 1 aliphatic rings. The number of thioether (sulfide) groups is 1. The van der Waals surface area contributed by atoms with E-state index in [2.05, 4.69) is 0 Å². The minimum atomic E-state index is -0.256. The van der Waals surface area contributed by atoms with Crippen LogP contribution in [-0.4, -0.2) is 65.9 Å². The Bertz CT molecular complexity index is 476. The second kappa shape index (κ2) is 8.50. The molecular weight excluding hydrogens is 303 g/mol. The fraction of sp³-hybridized carbons (Fsp3) is 0.562. The van der Waals surface area contributed by atoms with Gasteiger partial charge in [-0.2, -0.15) is 0 Å². The minimum absolute atomic E-state index is 0.126. The molecule has 1 saturated heterocycles. The Morgan fingerprint density at radius 3 is 2.64 bits per heavy atom. The van der Waals surface area contributed by atoms with Crippen molar-refractivity contribution in [2.75, 3.05) is 39.0 Å². The van der Waals surface area contributed by atoms with Crippen LogP contribution < -0.4 is 0 Å². The van der Waals surface area contributed by atoms with E-state index in [1.165, 1.54) is 12.1 Å². The van der Waals surface area contributed by atoms with Gasteiger partial charge in [0.25, 0.3) is 0 Å². The van der Waals surface area contributed by atoms with E-state index < -0.39 is 0 Å². The first kappa shape index (κ1) is 17.2. The summed E-state index contributed by atoms with van der Waals surface area (Å²) in [4.78, 5) is 17.0. The second-order valence-corrected chi connectivity index (χ2v) is 6.82. The Labute approximate surface area is 135 Å². The highest BCUT2D eigenvalue weighted by molar-refractivity contribution is 7.99. The van der Waals surface area contributed by atoms with Crippen molar-refractivity contribution in [3.63, 3.8) is 0 Å². The number of hydrogen-bond acceptors (Lipinski definition) is 4. The van der Waals surface area contributed by atoms with E-state index in [9.17, 15) is 14.3 Å². The molecule has 1 heterocycles. The van der Waals surface area contributed by atoms with Crippen LogP contribution in [0.5, 0.6) is 0 Å². The van der Waals surface area contributed by atoms with Crippen molar-refractivity contribution >= 4 is 17.7 Å². The highest BCUT2D eigenvalue weighted by Crippen LogP contribution is 2.18. The summed E-state index contributed by atoms with van der Waals surface area (Å²) in [7, 11) is 1.93. The quantitative estimate of drug-likeness (QED) is 0.810. The van der Waals surface area contributed by atoms with Gasteiger partial charge < -0.3 is 10.0 Å². The molecule has 0 aromatic heterocycles. The molecule has 1 N–H and O–H groups in total. The molecule has 2 rings (SSSR count). The van der Waals surface area contributed by atoms with Crippen molar-refractivity contribution < 1.29 is 14.3 Å². The Hall–Kier alpha value is -1.11. The van der Waals surface area contributed by atoms with Crippen LogP contribution in [0.3, 0.4) is 0 Å². The summed E-state index contributed by atoms with van der Waals surface area (Å²) in [5, 5.41) is 9.46. The van der Waals surface area contributed by atoms with Crippen LogP contribution in [0.4, 0.5) is 4.39 Å². The van der Waals surface area contributed by atoms with Gasteiger partial charge in [0.05, 0.1) is 12.6 Å². The predicted octanol–water partition coefficient (Wildman–Crippen LogP) is 1.83. The van der Waals surface area contributed by atoms with E-state index in [1.54, 1.807) is 23.9 Å². The first-order valence-electron chi connectivity index (χ1n) is 7.57. The number of carbonyl (C=O) groups is 1. The van der Waals surface area contributed by atoms with Crippen LogP contribution >= 0.6 is 11.8 Å². The number of likely N-dealkylation sites (N-methyl/N-ethyl adjacent to an activating group) is 1. The lowest BCUT2D eigenvalue weighted by Gasteiger charge is -2.31. The van der Waals surface area contributed by atoms with Gasteiger partial charge in [0.2, 0.25) is 5.91 Å². The Balaban J connectivity index is 1.65. The number of amides is 1. The van der Waals surface area contributed by atoms with E-state index in [1.807, 2.05) is 16.8 Å². The average Bonchev–Trinajstić information content (AvgIpc) is 2.50. The summed E-state index contributed by atoms with van der Waals surface area (Å²) in [6.07, 6.45) is 1.10. The molecule has 0 bridgehead atoms. The maximum absolute atomic E-state index is 12.8. The molecule has 122 valence electrons. The van der Waals surface area contributed by atoms with Crippen LogP contribution in [0.2, 0.25) is 0 Å². The number of nitrogens with zero attached hydrogens (tertiary/aromatic N) is 2. The van der Waals surface area contributed by atoms with Crippen LogP contribution in [-0.2, 0) is 4.79 Å². The molecule has 6 heteroatoms. The van der Waals surface area contributed by atoms with E-state index in [0.717, 1.165) is 17.2 Å². The standard InChI is InChI=1S/C16H23FN2O2S/c1-18(10-11-22-15-4-2-13(17)3-5-15)12-16(21)19-8-6-14(20)7-9-19/h2-5,14,20H,6-12H2,1H3. The Morgan fingerprint density at radius 2 is 2.00 bits per heavy atom. The summed E-state index contributed by atoms with van der Waals surface area (Å²) in [5.41, 5.74) is 0. The third-order valence-electron chi connectivity index (χ3n) is 3.78. The molecule has 1 fully saturated rings. The Morgan fingerprint density at radius 1 is 1.36 bits per heavy atom. The zero-order valence-electron chi connectivity index (χ0n) is 12.9. The predicted molar refractivity (Wildman–Crippen MR) is 86.4 cm³/mol. The largest absolute Gasteiger partial charge is 0.393 e. The number of rotatable bonds is 6. The molecule has 1 aromatic rings. The van der Waals surface area contributed by atoms with Gasteiger partial charge in [-0.15, -0.1) is 11.8 Å². The highest BCUT2D eigenvalue weighted by atomic mass is 32.2. The van der Waals surface area contributed by atoms with E-state index in [0.29, 0.717) is 32.5 Å². The van der Waals surface area contributed by atoms with Gasteiger partial charge >= 0.3 is 0 Å². The minimum Gasteiger partial charge on any atom is -0.393 e. The van der Waals surface area contributed by atoms with E-state index in [4.69, 9.17) is 0 Å². The third-order valence-corrected chi connectivity index (χ3v) is 4.77. The monoisotopic (exact) mass is 326 g/mol. The molecule has 0 saturated carbocycles. The fourth-order valence-electron chi connectivity index (χ4n) is 2.38. The number of aliphatic hydroxyl groups excluding tert-OH is 1. The smallest absolute Gasteiger partial charge is 0.236 e. The normalized spacial score (nSPS) is 16.3. The van der Waals surface area contributed by atoms with Crippen molar-refractivity contribution in [2.45, 2.75) is 23.8 Å². The van der Waals surface area contributed by atoms with Gasteiger partial charge in [-0.05, 0) is 44.2 Å². The van der Waals surface area contributed by atoms with Crippen LogP contribution in [0, 0.1) is 5.82 Å². The zero-order chi connectivity index (χ0) is 15.9. The number of halogens is 1. The lowest BCUT2D eigenvalue weighted by atomic mass is 10.1. The lowest BCUT2D eigenvalue weighted by molar-refractivity contribution is -0.134. The number of piperidine rings is 1. The molecule has 22 heavy (non-hydrogen) atoms. The summed E-state index contributed by atoms with van der Waals surface area (Å²) >= 11 is 1.65. The van der Waals surface area contributed by atoms with Crippen molar-refractivity contribution in [3.05, 3.63) is 30.1 Å². The van der Waals surface area contributed by atoms with Crippen LogP contribution in [0.15, 0.2) is 29.2 Å². The second-order valence-electron chi connectivity index (χ2n) is 5.65. The number of benzene rings is 1. The molecule has 0 atom stereocenters. The van der Waals surface area contributed by atoms with Gasteiger partial charge in [0.1, 0.15) is 5.82 Å². The van der Waals surface area contributed by atoms with Gasteiger partial charge in [0, 0.05) is 30.3 Å². The van der Waals surface area contributed by atoms with Crippen molar-refractivity contribution in [1.82, 2.24) is 9.80 Å². The number of carbonyl (C=O) groups excluding carboxylic acids is 1. The summed E-state index contributed by atoms with van der Waals surface area (Å²) in [6.45, 7) is 2.50. The SMILES string of the molecule is CN(CCSc1ccc(F)cc1)CC(=O)N1CCC(O)CC1. The maximum atomic E-state index is 12.8. The number of hydrogen-bond donors (Lipinski definition) is 1. The highest BCUT2D eigenvalue weighted by Gasteiger charge is 2.21. The molecule has 0 aliphatic carbocycles. The molecule has 0 unspecified atom stereocenters. The van der Waals surface area contributed by atoms with Gasteiger partial charge in [-0.1, -0.05) is 0 Å². The fourth-order valence-corrected chi connectivity index (χ4v) is 3.34. The van der Waals surface area contributed by atoms with E-state index >= 15 is 0 Å². The van der Waals surface area contributed by atoms with Gasteiger partial charge in [-0.25, -0.2) is 4.39 Å². The summed E-state index contributed by atoms with van der Waals surface area (Å²) in [5.74, 6) is 0.758. The molecule has 4 nitrogen and oxygen atoms in total. The first-order chi connectivity index (χ1) is 10.5. The van der Waals surface area contributed by atoms with Crippen molar-refractivity contribution in [3.8, 4) is 0 Å². The lowest BCUT2D eigenvalue weighted by Crippen LogP contribution is -2.44. The average molecular weight is 326 g/mol. The number of likely N-dealkylation sites (tertiary alicyclic amines) is 1. The maximum Gasteiger partial charge on any atom is 0.236 e. The topological polar surface area (TPSA) is 43.8 Å². The molecule has 0 spiro atoms. The van der Waals surface area contributed by atoms with E-state index in [-0.39, 0.29) is 17.8 Å². The molecule has 0 radical (unpaired) electrons. The summed E-state index contributed by atoms with van der Waals surface area (Å²) < 4.78 is 12.8. The Kier molecular flexibility index (Phi) is 6.67. The first-order valence-corrected chi connectivity index (χ1v) is 8.56. The zero-order valence-corrected chi connectivity index (χ0v) is 13.7. The molecule has 1 amide bonds. The number of aliphatic hydroxyl groups is 1.